The number of nitrogens with one attached hydrogen (secondary N) is 3. The zero-order valence-corrected chi connectivity index (χ0v) is 23.2. The van der Waals surface area contributed by atoms with Crippen LogP contribution in [0.3, 0.4) is 0 Å². The second-order valence-corrected chi connectivity index (χ2v) is 9.91. The standard InChI is InChI=1S/C29H39N5O8/c30-15-5-4-8-21(31)26(38)32-22(13-14-25(36)37)27(39)33-23(16-18-6-2-1-3-7-18)28(40)34-24(29(41)42)17-19-9-11-20(35)12-10-19/h1-3,6-7,9-12,21-24,35H,4-5,8,13-17,30-31H2,(H,32,38)(H,33,39)(H,34,40)(H,36,37)(H,41,42). The molecule has 0 radical (unpaired) electrons. The van der Waals surface area contributed by atoms with Crippen molar-refractivity contribution in [2.45, 2.75) is 69.1 Å². The summed E-state index contributed by atoms with van der Waals surface area (Å²) in [6.07, 6.45) is 0.752. The number of hydrogen-bond acceptors (Lipinski definition) is 8. The van der Waals surface area contributed by atoms with E-state index in [9.17, 15) is 34.2 Å². The van der Waals surface area contributed by atoms with E-state index >= 15 is 0 Å². The summed E-state index contributed by atoms with van der Waals surface area (Å²) in [6, 6.07) is 9.65. The van der Waals surface area contributed by atoms with Crippen LogP contribution in [0, 0.1) is 0 Å². The van der Waals surface area contributed by atoms with Gasteiger partial charge in [0.1, 0.15) is 23.9 Å². The highest BCUT2D eigenvalue weighted by atomic mass is 16.4. The normalized spacial score (nSPS) is 13.7. The van der Waals surface area contributed by atoms with Gasteiger partial charge in [0.05, 0.1) is 6.04 Å². The van der Waals surface area contributed by atoms with Crippen LogP contribution in [0.15, 0.2) is 54.6 Å². The Hall–Kier alpha value is -4.49. The molecule has 0 aromatic heterocycles. The molecule has 0 aliphatic rings. The van der Waals surface area contributed by atoms with Gasteiger partial charge in [0.25, 0.3) is 0 Å². The molecular formula is C29H39N5O8. The quantitative estimate of drug-likeness (QED) is 0.109. The van der Waals surface area contributed by atoms with Crippen molar-refractivity contribution in [1.82, 2.24) is 16.0 Å². The maximum absolute atomic E-state index is 13.4. The number of rotatable bonds is 18. The number of benzene rings is 2. The van der Waals surface area contributed by atoms with E-state index in [1.807, 2.05) is 0 Å². The maximum atomic E-state index is 13.4. The third-order valence-corrected chi connectivity index (χ3v) is 6.49. The summed E-state index contributed by atoms with van der Waals surface area (Å²) in [4.78, 5) is 62.6. The third-order valence-electron chi connectivity index (χ3n) is 6.49. The summed E-state index contributed by atoms with van der Waals surface area (Å²) in [5.41, 5.74) is 12.6. The first kappa shape index (κ1) is 33.7. The summed E-state index contributed by atoms with van der Waals surface area (Å²) in [5, 5.41) is 35.9. The van der Waals surface area contributed by atoms with Gasteiger partial charge in [-0.3, -0.25) is 19.2 Å². The number of carboxylic acid groups (broad SMARTS) is 2. The van der Waals surface area contributed by atoms with Crippen molar-refractivity contribution in [3.05, 3.63) is 65.7 Å². The Morgan fingerprint density at radius 1 is 0.690 bits per heavy atom. The molecule has 2 aromatic rings. The van der Waals surface area contributed by atoms with E-state index in [4.69, 9.17) is 16.6 Å². The molecule has 4 unspecified atom stereocenters. The number of nitrogens with two attached hydrogens (primary N) is 2. The predicted molar refractivity (Wildman–Crippen MR) is 153 cm³/mol. The molecule has 0 spiro atoms. The van der Waals surface area contributed by atoms with Crippen LogP contribution in [0.25, 0.3) is 0 Å². The number of carboxylic acids is 2. The van der Waals surface area contributed by atoms with Gasteiger partial charge >= 0.3 is 11.9 Å². The van der Waals surface area contributed by atoms with E-state index in [0.717, 1.165) is 0 Å². The molecule has 0 bridgehead atoms. The number of amides is 3. The van der Waals surface area contributed by atoms with Gasteiger partial charge in [-0.2, -0.15) is 0 Å². The first-order valence-electron chi connectivity index (χ1n) is 13.6. The van der Waals surface area contributed by atoms with E-state index in [2.05, 4.69) is 16.0 Å². The highest BCUT2D eigenvalue weighted by Gasteiger charge is 2.31. The lowest BCUT2D eigenvalue weighted by Crippen LogP contribution is -2.57. The molecule has 2 rings (SSSR count). The van der Waals surface area contributed by atoms with Crippen molar-refractivity contribution < 1.29 is 39.3 Å². The average molecular weight is 586 g/mol. The van der Waals surface area contributed by atoms with Crippen LogP contribution in [0.1, 0.15) is 43.2 Å². The van der Waals surface area contributed by atoms with Crippen molar-refractivity contribution in [2.24, 2.45) is 11.5 Å². The van der Waals surface area contributed by atoms with Gasteiger partial charge in [0, 0.05) is 19.3 Å². The van der Waals surface area contributed by atoms with Crippen LogP contribution in [0.4, 0.5) is 0 Å². The van der Waals surface area contributed by atoms with E-state index in [0.29, 0.717) is 36.9 Å². The molecule has 3 amide bonds. The molecule has 228 valence electrons. The van der Waals surface area contributed by atoms with Gasteiger partial charge in [0.15, 0.2) is 0 Å². The second kappa shape index (κ2) is 17.4. The van der Waals surface area contributed by atoms with Crippen LogP contribution < -0.4 is 27.4 Å². The van der Waals surface area contributed by atoms with Gasteiger partial charge < -0.3 is 42.7 Å². The number of aliphatic carboxylic acids is 2. The summed E-state index contributed by atoms with van der Waals surface area (Å²) in [6.45, 7) is 0.431. The Kier molecular flexibility index (Phi) is 13.9. The van der Waals surface area contributed by atoms with Crippen molar-refractivity contribution >= 4 is 29.7 Å². The lowest BCUT2D eigenvalue weighted by atomic mass is 10.0. The molecule has 2 aromatic carbocycles. The van der Waals surface area contributed by atoms with Gasteiger partial charge in [-0.25, -0.2) is 4.79 Å². The molecule has 10 N–H and O–H groups in total. The number of unbranched alkanes of at least 4 members (excludes halogenated alkanes) is 1. The van der Waals surface area contributed by atoms with E-state index < -0.39 is 60.2 Å². The molecule has 0 heterocycles. The maximum Gasteiger partial charge on any atom is 0.326 e. The van der Waals surface area contributed by atoms with E-state index in [1.54, 1.807) is 30.3 Å². The minimum Gasteiger partial charge on any atom is -0.508 e. The molecule has 13 heteroatoms. The first-order chi connectivity index (χ1) is 20.0. The lowest BCUT2D eigenvalue weighted by Gasteiger charge is -2.25. The van der Waals surface area contributed by atoms with Crippen molar-refractivity contribution in [3.63, 3.8) is 0 Å². The second-order valence-electron chi connectivity index (χ2n) is 9.91. The highest BCUT2D eigenvalue weighted by molar-refractivity contribution is 5.94. The minimum atomic E-state index is -1.36. The molecule has 0 aliphatic heterocycles. The fourth-order valence-electron chi connectivity index (χ4n) is 4.13. The molecule has 4 atom stereocenters. The Balaban J connectivity index is 2.23. The fourth-order valence-corrected chi connectivity index (χ4v) is 4.13. The third kappa shape index (κ3) is 11.9. The van der Waals surface area contributed by atoms with Gasteiger partial charge in [0.2, 0.25) is 17.7 Å². The molecule has 0 fully saturated rings. The smallest absolute Gasteiger partial charge is 0.326 e. The zero-order valence-electron chi connectivity index (χ0n) is 23.2. The lowest BCUT2D eigenvalue weighted by molar-refractivity contribution is -0.142. The summed E-state index contributed by atoms with van der Waals surface area (Å²) in [7, 11) is 0. The van der Waals surface area contributed by atoms with Crippen LogP contribution in [-0.4, -0.2) is 75.7 Å². The van der Waals surface area contributed by atoms with Gasteiger partial charge in [-0.15, -0.1) is 0 Å². The number of carbonyl (C=O) groups is 5. The zero-order chi connectivity index (χ0) is 31.1. The van der Waals surface area contributed by atoms with Gasteiger partial charge in [-0.05, 0) is 49.1 Å². The highest BCUT2D eigenvalue weighted by Crippen LogP contribution is 2.12. The molecule has 0 saturated carbocycles. The van der Waals surface area contributed by atoms with Crippen molar-refractivity contribution in [3.8, 4) is 5.75 Å². The number of phenolic OH excluding ortho intramolecular Hbond substituents is 1. The van der Waals surface area contributed by atoms with Crippen molar-refractivity contribution in [1.29, 1.82) is 0 Å². The average Bonchev–Trinajstić information content (AvgIpc) is 2.95. The molecule has 0 aliphatic carbocycles. The number of aromatic hydroxyl groups is 1. The van der Waals surface area contributed by atoms with Crippen LogP contribution in [-0.2, 0) is 36.8 Å². The Labute approximate surface area is 243 Å². The fraction of sp³-hybridized carbons (Fsp3) is 0.414. The Bertz CT molecular complexity index is 1190. The van der Waals surface area contributed by atoms with Crippen LogP contribution in [0.5, 0.6) is 5.75 Å². The number of hydrogen-bond donors (Lipinski definition) is 8. The molecule has 0 saturated heterocycles. The van der Waals surface area contributed by atoms with E-state index in [1.165, 1.54) is 24.3 Å². The van der Waals surface area contributed by atoms with Crippen LogP contribution in [0.2, 0.25) is 0 Å². The summed E-state index contributed by atoms with van der Waals surface area (Å²) < 4.78 is 0. The van der Waals surface area contributed by atoms with Crippen molar-refractivity contribution in [2.75, 3.05) is 6.54 Å². The van der Waals surface area contributed by atoms with E-state index in [-0.39, 0.29) is 25.0 Å². The SMILES string of the molecule is NCCCCC(N)C(=O)NC(CCC(=O)O)C(=O)NC(Cc1ccccc1)C(=O)NC(Cc1ccc(O)cc1)C(=O)O. The molecule has 42 heavy (non-hydrogen) atoms. The summed E-state index contributed by atoms with van der Waals surface area (Å²) in [5.74, 6) is -4.76. The molecular weight excluding hydrogens is 546 g/mol. The van der Waals surface area contributed by atoms with Gasteiger partial charge in [-0.1, -0.05) is 48.9 Å². The minimum absolute atomic E-state index is 0.00126. The Morgan fingerprint density at radius 3 is 1.83 bits per heavy atom. The number of phenols is 1. The largest absolute Gasteiger partial charge is 0.508 e. The predicted octanol–water partition coefficient (Wildman–Crippen LogP) is 0.0375. The molecule has 13 nitrogen and oxygen atoms in total. The topological polar surface area (TPSA) is 234 Å². The Morgan fingerprint density at radius 2 is 1.24 bits per heavy atom. The monoisotopic (exact) mass is 585 g/mol. The number of carbonyl (C=O) groups excluding carboxylic acids is 3. The van der Waals surface area contributed by atoms with Crippen LogP contribution >= 0.6 is 0 Å². The first-order valence-corrected chi connectivity index (χ1v) is 13.6. The summed E-state index contributed by atoms with van der Waals surface area (Å²) >= 11 is 0.